The van der Waals surface area contributed by atoms with Crippen molar-refractivity contribution in [2.75, 3.05) is 13.6 Å². The normalized spacial score (nSPS) is 11.1. The molecule has 0 spiro atoms. The van der Waals surface area contributed by atoms with E-state index in [1.807, 2.05) is 4.57 Å². The van der Waals surface area contributed by atoms with Crippen molar-refractivity contribution in [1.82, 2.24) is 19.7 Å². The average Bonchev–Trinajstić information content (AvgIpc) is 2.84. The molecule has 1 heterocycles. The van der Waals surface area contributed by atoms with Gasteiger partial charge in [0.1, 0.15) is 12.7 Å². The summed E-state index contributed by atoms with van der Waals surface area (Å²) in [4.78, 5) is 2.31. The molecule has 1 aromatic carbocycles. The van der Waals surface area contributed by atoms with Crippen LogP contribution in [0.25, 0.3) is 0 Å². The van der Waals surface area contributed by atoms with Crippen molar-refractivity contribution in [3.05, 3.63) is 47.5 Å². The van der Waals surface area contributed by atoms with Crippen LogP contribution in [0.1, 0.15) is 16.7 Å². The Hall–Kier alpha value is -1.68. The van der Waals surface area contributed by atoms with Crippen LogP contribution in [0.3, 0.4) is 0 Å². The SMILES string of the molecule is Cc1ccc(CN(C)CCn2cnnc2)cc1C. The molecule has 96 valence electrons. The molecule has 2 rings (SSSR count). The third-order valence-corrected chi connectivity index (χ3v) is 3.23. The molecule has 0 bridgehead atoms. The van der Waals surface area contributed by atoms with Crippen LogP contribution < -0.4 is 0 Å². The average molecular weight is 244 g/mol. The zero-order chi connectivity index (χ0) is 13.0. The smallest absolute Gasteiger partial charge is 0.119 e. The summed E-state index contributed by atoms with van der Waals surface area (Å²) in [6.07, 6.45) is 3.51. The molecule has 0 N–H and O–H groups in total. The number of rotatable bonds is 5. The van der Waals surface area contributed by atoms with E-state index in [4.69, 9.17) is 0 Å². The molecule has 0 aliphatic rings. The van der Waals surface area contributed by atoms with Crippen molar-refractivity contribution < 1.29 is 0 Å². The van der Waals surface area contributed by atoms with Crippen LogP contribution in [0.15, 0.2) is 30.9 Å². The second-order valence-electron chi connectivity index (χ2n) is 4.86. The largest absolute Gasteiger partial charge is 0.319 e. The van der Waals surface area contributed by atoms with Crippen molar-refractivity contribution in [3.63, 3.8) is 0 Å². The van der Waals surface area contributed by atoms with E-state index in [2.05, 4.69) is 54.2 Å². The molecular weight excluding hydrogens is 224 g/mol. The monoisotopic (exact) mass is 244 g/mol. The quantitative estimate of drug-likeness (QED) is 0.807. The molecule has 0 radical (unpaired) electrons. The maximum atomic E-state index is 3.80. The Morgan fingerprint density at radius 3 is 2.50 bits per heavy atom. The predicted molar refractivity (Wildman–Crippen MR) is 72.3 cm³/mol. The van der Waals surface area contributed by atoms with Gasteiger partial charge in [0.25, 0.3) is 0 Å². The number of aryl methyl sites for hydroxylation is 2. The zero-order valence-corrected chi connectivity index (χ0v) is 11.3. The third kappa shape index (κ3) is 3.40. The van der Waals surface area contributed by atoms with Crippen LogP contribution in [0.5, 0.6) is 0 Å². The highest BCUT2D eigenvalue weighted by Gasteiger charge is 2.02. The Morgan fingerprint density at radius 2 is 1.83 bits per heavy atom. The highest BCUT2D eigenvalue weighted by molar-refractivity contribution is 5.29. The molecule has 0 aliphatic heterocycles. The molecule has 0 aliphatic carbocycles. The molecule has 18 heavy (non-hydrogen) atoms. The lowest BCUT2D eigenvalue weighted by molar-refractivity contribution is 0.311. The molecule has 4 heteroatoms. The fourth-order valence-electron chi connectivity index (χ4n) is 1.92. The van der Waals surface area contributed by atoms with Crippen LogP contribution in [-0.2, 0) is 13.1 Å². The van der Waals surface area contributed by atoms with Gasteiger partial charge in [-0.15, -0.1) is 10.2 Å². The van der Waals surface area contributed by atoms with Gasteiger partial charge in [0.05, 0.1) is 0 Å². The van der Waals surface area contributed by atoms with E-state index in [0.29, 0.717) is 0 Å². The van der Waals surface area contributed by atoms with E-state index in [1.54, 1.807) is 12.7 Å². The molecule has 4 nitrogen and oxygen atoms in total. The first kappa shape index (κ1) is 12.8. The number of hydrogen-bond acceptors (Lipinski definition) is 3. The van der Waals surface area contributed by atoms with E-state index in [9.17, 15) is 0 Å². The van der Waals surface area contributed by atoms with Crippen molar-refractivity contribution >= 4 is 0 Å². The third-order valence-electron chi connectivity index (χ3n) is 3.23. The summed E-state index contributed by atoms with van der Waals surface area (Å²) in [6.45, 7) is 7.20. The Labute approximate surface area is 108 Å². The van der Waals surface area contributed by atoms with Gasteiger partial charge in [-0.1, -0.05) is 18.2 Å². The van der Waals surface area contributed by atoms with Gasteiger partial charge in [-0.3, -0.25) is 0 Å². The molecular formula is C14H20N4. The van der Waals surface area contributed by atoms with Crippen LogP contribution in [0, 0.1) is 13.8 Å². The van der Waals surface area contributed by atoms with Gasteiger partial charge >= 0.3 is 0 Å². The zero-order valence-electron chi connectivity index (χ0n) is 11.3. The van der Waals surface area contributed by atoms with Crippen molar-refractivity contribution in [1.29, 1.82) is 0 Å². The standard InChI is InChI=1S/C14H20N4/c1-12-4-5-14(8-13(12)2)9-17(3)6-7-18-10-15-16-11-18/h4-5,8,10-11H,6-7,9H2,1-3H3. The van der Waals surface area contributed by atoms with Crippen LogP contribution in [-0.4, -0.2) is 33.3 Å². The first-order valence-electron chi connectivity index (χ1n) is 6.22. The van der Waals surface area contributed by atoms with Crippen LogP contribution >= 0.6 is 0 Å². The summed E-state index contributed by atoms with van der Waals surface area (Å²) in [5, 5.41) is 7.60. The lowest BCUT2D eigenvalue weighted by Gasteiger charge is -2.17. The van der Waals surface area contributed by atoms with Crippen LogP contribution in [0.2, 0.25) is 0 Å². The number of benzene rings is 1. The fourth-order valence-corrected chi connectivity index (χ4v) is 1.92. The highest BCUT2D eigenvalue weighted by atomic mass is 15.2. The van der Waals surface area contributed by atoms with Crippen molar-refractivity contribution in [2.24, 2.45) is 0 Å². The van der Waals surface area contributed by atoms with Gasteiger partial charge < -0.3 is 9.47 Å². The van der Waals surface area contributed by atoms with Gasteiger partial charge in [-0.05, 0) is 37.6 Å². The molecule has 1 aromatic heterocycles. The first-order valence-corrected chi connectivity index (χ1v) is 6.22. The molecule has 0 unspecified atom stereocenters. The summed E-state index contributed by atoms with van der Waals surface area (Å²) in [7, 11) is 2.14. The van der Waals surface area contributed by atoms with E-state index >= 15 is 0 Å². The number of likely N-dealkylation sites (N-methyl/N-ethyl adjacent to an activating group) is 1. The number of nitrogens with zero attached hydrogens (tertiary/aromatic N) is 4. The minimum atomic E-state index is 0.925. The molecule has 2 aromatic rings. The molecule has 0 fully saturated rings. The second-order valence-corrected chi connectivity index (χ2v) is 4.86. The van der Waals surface area contributed by atoms with Gasteiger partial charge in [0, 0.05) is 19.6 Å². The molecule has 0 atom stereocenters. The summed E-state index contributed by atoms with van der Waals surface area (Å²) in [6, 6.07) is 6.67. The predicted octanol–water partition coefficient (Wildman–Crippen LogP) is 2.03. The second kappa shape index (κ2) is 5.78. The summed E-state index contributed by atoms with van der Waals surface area (Å²) >= 11 is 0. The van der Waals surface area contributed by atoms with Gasteiger partial charge in [0.2, 0.25) is 0 Å². The Bertz CT molecular complexity index is 491. The Morgan fingerprint density at radius 1 is 1.11 bits per heavy atom. The highest BCUT2D eigenvalue weighted by Crippen LogP contribution is 2.11. The summed E-state index contributed by atoms with van der Waals surface area (Å²) in [5.74, 6) is 0. The molecule has 0 saturated carbocycles. The first-order chi connectivity index (χ1) is 8.65. The Balaban J connectivity index is 1.86. The van der Waals surface area contributed by atoms with Crippen molar-refractivity contribution in [3.8, 4) is 0 Å². The summed E-state index contributed by atoms with van der Waals surface area (Å²) in [5.41, 5.74) is 4.08. The van der Waals surface area contributed by atoms with E-state index in [-0.39, 0.29) is 0 Å². The topological polar surface area (TPSA) is 34.0 Å². The van der Waals surface area contributed by atoms with Gasteiger partial charge in [-0.2, -0.15) is 0 Å². The van der Waals surface area contributed by atoms with E-state index in [0.717, 1.165) is 19.6 Å². The number of hydrogen-bond donors (Lipinski definition) is 0. The Kier molecular flexibility index (Phi) is 4.10. The summed E-state index contributed by atoms with van der Waals surface area (Å²) < 4.78 is 2.00. The van der Waals surface area contributed by atoms with E-state index in [1.165, 1.54) is 16.7 Å². The molecule has 0 saturated heterocycles. The lowest BCUT2D eigenvalue weighted by atomic mass is 10.1. The van der Waals surface area contributed by atoms with E-state index < -0.39 is 0 Å². The minimum absolute atomic E-state index is 0.925. The van der Waals surface area contributed by atoms with Gasteiger partial charge in [0.15, 0.2) is 0 Å². The maximum absolute atomic E-state index is 3.80. The maximum Gasteiger partial charge on any atom is 0.119 e. The fraction of sp³-hybridized carbons (Fsp3) is 0.429. The van der Waals surface area contributed by atoms with Crippen LogP contribution in [0.4, 0.5) is 0 Å². The van der Waals surface area contributed by atoms with Gasteiger partial charge in [-0.25, -0.2) is 0 Å². The number of aromatic nitrogens is 3. The molecule has 0 amide bonds. The van der Waals surface area contributed by atoms with Crippen molar-refractivity contribution in [2.45, 2.75) is 26.9 Å². The lowest BCUT2D eigenvalue weighted by Crippen LogP contribution is -2.22. The minimum Gasteiger partial charge on any atom is -0.319 e.